The first-order chi connectivity index (χ1) is 11.0. The van der Waals surface area contributed by atoms with Gasteiger partial charge < -0.3 is 16.2 Å². The molecule has 0 aliphatic heterocycles. The predicted molar refractivity (Wildman–Crippen MR) is 83.5 cm³/mol. The van der Waals surface area contributed by atoms with Crippen molar-refractivity contribution in [3.05, 3.63) is 30.2 Å². The molecule has 0 aromatic carbocycles. The highest BCUT2D eigenvalue weighted by molar-refractivity contribution is 5.93. The molecule has 0 spiro atoms. The Morgan fingerprint density at radius 2 is 2.22 bits per heavy atom. The van der Waals surface area contributed by atoms with Crippen molar-refractivity contribution in [3.63, 3.8) is 0 Å². The zero-order valence-corrected chi connectivity index (χ0v) is 12.8. The number of carbonyl (C=O) groups excluding carboxylic acids is 1. The third-order valence-corrected chi connectivity index (χ3v) is 3.43. The number of hydrogen-bond acceptors (Lipinski definition) is 6. The van der Waals surface area contributed by atoms with Crippen molar-refractivity contribution in [2.45, 2.75) is 20.1 Å². The van der Waals surface area contributed by atoms with Crippen LogP contribution >= 0.6 is 0 Å². The largest absolute Gasteiger partial charge is 0.367 e. The standard InChI is InChI=1S/C14H17N7O2/c1-3-23-8(2)20-7-9(6-17-20)12-10-4-5-11(13(15)22)21(10)19-14(16)18-12/h4-8H,3H2,1-2H3,(H2,15,22)(H2,16,19). The van der Waals surface area contributed by atoms with Crippen molar-refractivity contribution < 1.29 is 9.53 Å². The molecule has 120 valence electrons. The van der Waals surface area contributed by atoms with Gasteiger partial charge in [-0.25, -0.2) is 14.2 Å². The molecule has 0 radical (unpaired) electrons. The first kappa shape index (κ1) is 15.0. The van der Waals surface area contributed by atoms with Crippen molar-refractivity contribution in [2.24, 2.45) is 5.73 Å². The SMILES string of the molecule is CCOC(C)n1cc(-c2nc(N)nn3c(C(N)=O)ccc23)cn1. The van der Waals surface area contributed by atoms with Gasteiger partial charge in [-0.3, -0.25) is 4.79 Å². The van der Waals surface area contributed by atoms with Crippen LogP contribution in [0, 0.1) is 0 Å². The number of fused-ring (bicyclic) bond motifs is 1. The van der Waals surface area contributed by atoms with Crippen molar-refractivity contribution in [1.29, 1.82) is 0 Å². The highest BCUT2D eigenvalue weighted by atomic mass is 16.5. The first-order valence-corrected chi connectivity index (χ1v) is 7.12. The molecule has 0 aliphatic rings. The van der Waals surface area contributed by atoms with Gasteiger partial charge in [0.25, 0.3) is 5.91 Å². The molecule has 3 aromatic rings. The highest BCUT2D eigenvalue weighted by Crippen LogP contribution is 2.25. The fourth-order valence-corrected chi connectivity index (χ4v) is 2.39. The molecule has 1 unspecified atom stereocenters. The van der Waals surface area contributed by atoms with Crippen LogP contribution < -0.4 is 11.5 Å². The third-order valence-electron chi connectivity index (χ3n) is 3.43. The average Bonchev–Trinajstić information content (AvgIpc) is 3.13. The zero-order valence-electron chi connectivity index (χ0n) is 12.8. The van der Waals surface area contributed by atoms with Crippen molar-refractivity contribution >= 4 is 17.4 Å². The summed E-state index contributed by atoms with van der Waals surface area (Å²) in [5.41, 5.74) is 13.3. The van der Waals surface area contributed by atoms with Crippen LogP contribution in [0.4, 0.5) is 5.95 Å². The number of amides is 1. The third kappa shape index (κ3) is 2.61. The maximum Gasteiger partial charge on any atom is 0.267 e. The second-order valence-corrected chi connectivity index (χ2v) is 4.96. The highest BCUT2D eigenvalue weighted by Gasteiger charge is 2.16. The lowest BCUT2D eigenvalue weighted by Gasteiger charge is -2.11. The van der Waals surface area contributed by atoms with Gasteiger partial charge in [0.1, 0.15) is 17.6 Å². The van der Waals surface area contributed by atoms with E-state index < -0.39 is 5.91 Å². The molecule has 0 saturated carbocycles. The zero-order chi connectivity index (χ0) is 16.6. The number of carbonyl (C=O) groups is 1. The maximum atomic E-state index is 11.5. The maximum absolute atomic E-state index is 11.5. The van der Waals surface area contributed by atoms with E-state index in [2.05, 4.69) is 15.2 Å². The monoisotopic (exact) mass is 315 g/mol. The Morgan fingerprint density at radius 1 is 1.43 bits per heavy atom. The summed E-state index contributed by atoms with van der Waals surface area (Å²) in [5, 5.41) is 8.32. The summed E-state index contributed by atoms with van der Waals surface area (Å²) >= 11 is 0. The Labute approximate surface area is 131 Å². The predicted octanol–water partition coefficient (Wildman–Crippen LogP) is 0.829. The minimum Gasteiger partial charge on any atom is -0.367 e. The molecule has 0 saturated heterocycles. The van der Waals surface area contributed by atoms with E-state index >= 15 is 0 Å². The Morgan fingerprint density at radius 3 is 2.91 bits per heavy atom. The minimum absolute atomic E-state index is 0.0387. The first-order valence-electron chi connectivity index (χ1n) is 7.12. The van der Waals surface area contributed by atoms with Gasteiger partial charge in [0, 0.05) is 18.4 Å². The molecule has 1 atom stereocenters. The molecular weight excluding hydrogens is 298 g/mol. The number of ether oxygens (including phenoxy) is 1. The number of aromatic nitrogens is 5. The Bertz CT molecular complexity index is 867. The van der Waals surface area contributed by atoms with Gasteiger partial charge in [-0.15, -0.1) is 5.10 Å². The Hall–Kier alpha value is -2.94. The molecule has 23 heavy (non-hydrogen) atoms. The van der Waals surface area contributed by atoms with Gasteiger partial charge in [-0.1, -0.05) is 0 Å². The van der Waals surface area contributed by atoms with Gasteiger partial charge in [0.05, 0.1) is 11.7 Å². The lowest BCUT2D eigenvalue weighted by Crippen LogP contribution is -2.16. The van der Waals surface area contributed by atoms with Gasteiger partial charge in [0.2, 0.25) is 5.95 Å². The van der Waals surface area contributed by atoms with E-state index in [4.69, 9.17) is 16.2 Å². The Balaban J connectivity index is 2.11. The Kier molecular flexibility index (Phi) is 3.70. The second kappa shape index (κ2) is 5.69. The smallest absolute Gasteiger partial charge is 0.267 e. The summed E-state index contributed by atoms with van der Waals surface area (Å²) < 4.78 is 8.58. The van der Waals surface area contributed by atoms with Crippen LogP contribution in [0.25, 0.3) is 16.8 Å². The van der Waals surface area contributed by atoms with Crippen molar-refractivity contribution in [3.8, 4) is 11.3 Å². The summed E-state index contributed by atoms with van der Waals surface area (Å²) in [6.45, 7) is 4.40. The molecule has 3 aromatic heterocycles. The van der Waals surface area contributed by atoms with Crippen LogP contribution in [0.5, 0.6) is 0 Å². The van der Waals surface area contributed by atoms with Crippen LogP contribution in [0.1, 0.15) is 30.6 Å². The molecule has 0 fully saturated rings. The van der Waals surface area contributed by atoms with Crippen LogP contribution in [-0.4, -0.2) is 36.9 Å². The fourth-order valence-electron chi connectivity index (χ4n) is 2.39. The summed E-state index contributed by atoms with van der Waals surface area (Å²) in [6.07, 6.45) is 3.27. The number of nitrogen functional groups attached to an aromatic ring is 1. The molecule has 4 N–H and O–H groups in total. The van der Waals surface area contributed by atoms with Crippen molar-refractivity contribution in [2.75, 3.05) is 12.3 Å². The number of nitrogens with two attached hydrogens (primary N) is 2. The van der Waals surface area contributed by atoms with Gasteiger partial charge in [-0.2, -0.15) is 5.10 Å². The molecule has 1 amide bonds. The molecule has 3 heterocycles. The summed E-state index contributed by atoms with van der Waals surface area (Å²) in [4.78, 5) is 15.7. The summed E-state index contributed by atoms with van der Waals surface area (Å²) in [5.74, 6) is -0.550. The molecular formula is C14H17N7O2. The van der Waals surface area contributed by atoms with E-state index in [1.54, 1.807) is 29.2 Å². The van der Waals surface area contributed by atoms with Crippen LogP contribution in [0.3, 0.4) is 0 Å². The fraction of sp³-hybridized carbons (Fsp3) is 0.286. The van der Waals surface area contributed by atoms with Gasteiger partial charge in [0.15, 0.2) is 0 Å². The van der Waals surface area contributed by atoms with Crippen LogP contribution in [0.15, 0.2) is 24.5 Å². The number of anilines is 1. The summed E-state index contributed by atoms with van der Waals surface area (Å²) in [6, 6.07) is 3.31. The number of nitrogens with zero attached hydrogens (tertiary/aromatic N) is 5. The molecule has 9 nitrogen and oxygen atoms in total. The van der Waals surface area contributed by atoms with E-state index in [0.29, 0.717) is 17.8 Å². The topological polar surface area (TPSA) is 126 Å². The molecule has 0 bridgehead atoms. The average molecular weight is 315 g/mol. The molecule has 9 heteroatoms. The second-order valence-electron chi connectivity index (χ2n) is 4.96. The van der Waals surface area contributed by atoms with E-state index in [-0.39, 0.29) is 17.9 Å². The van der Waals surface area contributed by atoms with E-state index in [1.165, 1.54) is 4.52 Å². The number of hydrogen-bond donors (Lipinski definition) is 2. The number of rotatable bonds is 5. The van der Waals surface area contributed by atoms with E-state index in [1.807, 2.05) is 13.8 Å². The molecule has 3 rings (SSSR count). The lowest BCUT2D eigenvalue weighted by molar-refractivity contribution is 0.0160. The number of primary amides is 1. The lowest BCUT2D eigenvalue weighted by atomic mass is 10.2. The minimum atomic E-state index is -0.588. The van der Waals surface area contributed by atoms with E-state index in [0.717, 1.165) is 5.56 Å². The van der Waals surface area contributed by atoms with Gasteiger partial charge in [-0.05, 0) is 26.0 Å². The van der Waals surface area contributed by atoms with Crippen LogP contribution in [-0.2, 0) is 4.74 Å². The quantitative estimate of drug-likeness (QED) is 0.718. The normalized spacial score (nSPS) is 12.6. The van der Waals surface area contributed by atoms with Crippen molar-refractivity contribution in [1.82, 2.24) is 24.4 Å². The summed E-state index contributed by atoms with van der Waals surface area (Å²) in [7, 11) is 0. The van der Waals surface area contributed by atoms with Gasteiger partial charge >= 0.3 is 0 Å². The molecule has 0 aliphatic carbocycles. The van der Waals surface area contributed by atoms with E-state index in [9.17, 15) is 4.79 Å². The van der Waals surface area contributed by atoms with Crippen LogP contribution in [0.2, 0.25) is 0 Å².